The van der Waals surface area contributed by atoms with Gasteiger partial charge in [-0.25, -0.2) is 9.59 Å². The molecule has 4 aromatic carbocycles. The zero-order valence-electron chi connectivity index (χ0n) is 21.9. The number of aliphatic hydroxyl groups excluding tert-OH is 2. The molecule has 0 radical (unpaired) electrons. The number of ether oxygens (including phenoxy) is 2. The molecule has 43 heavy (non-hydrogen) atoms. The number of cyclic esters (lactones) is 2. The van der Waals surface area contributed by atoms with Crippen LogP contribution in [-0.4, -0.2) is 37.5 Å². The molecular weight excluding hydrogens is 556 g/mol. The van der Waals surface area contributed by atoms with Crippen LogP contribution in [0.25, 0.3) is 34.1 Å². The number of fused-ring (bicyclic) bond motifs is 1. The number of aromatic hydroxyl groups is 3. The van der Waals surface area contributed by atoms with Gasteiger partial charge in [-0.3, -0.25) is 4.79 Å². The summed E-state index contributed by atoms with van der Waals surface area (Å²) >= 11 is 0. The van der Waals surface area contributed by atoms with E-state index in [9.17, 15) is 39.9 Å². The van der Waals surface area contributed by atoms with Crippen molar-refractivity contribution in [2.45, 2.75) is 0 Å². The van der Waals surface area contributed by atoms with Crippen LogP contribution < -0.4 is 5.43 Å². The normalized spacial score (nSPS) is 16.8. The molecule has 4 aromatic rings. The number of esters is 2. The van der Waals surface area contributed by atoms with Gasteiger partial charge in [0.05, 0.1) is 5.39 Å². The quantitative estimate of drug-likeness (QED) is 0.164. The lowest BCUT2D eigenvalue weighted by atomic mass is 10.0. The number of phenols is 2. The minimum atomic E-state index is -1.06. The van der Waals surface area contributed by atoms with Crippen molar-refractivity contribution in [2.24, 2.45) is 0 Å². The maximum Gasteiger partial charge on any atom is 0.348 e. The number of benzene rings is 3. The number of aliphatic hydroxyl groups is 2. The first-order valence-electron chi connectivity index (χ1n) is 12.8. The van der Waals surface area contributed by atoms with E-state index < -0.39 is 51.5 Å². The van der Waals surface area contributed by atoms with Gasteiger partial charge in [-0.05, 0) is 58.0 Å². The molecule has 0 aliphatic carbocycles. The topological polar surface area (TPSA) is 171 Å². The van der Waals surface area contributed by atoms with Gasteiger partial charge in [0.1, 0.15) is 11.1 Å². The first kappa shape index (κ1) is 26.9. The fourth-order valence-electron chi connectivity index (χ4n) is 4.89. The summed E-state index contributed by atoms with van der Waals surface area (Å²) < 4.78 is 10.5. The zero-order chi connectivity index (χ0) is 30.4. The zero-order valence-corrected chi connectivity index (χ0v) is 21.9. The molecule has 2 aliphatic rings. The largest absolute Gasteiger partial charge is 0.504 e. The second-order valence-corrected chi connectivity index (χ2v) is 9.60. The van der Waals surface area contributed by atoms with Gasteiger partial charge in [-0.15, -0.1) is 0 Å². The third kappa shape index (κ3) is 4.62. The Morgan fingerprint density at radius 3 is 1.63 bits per heavy atom. The maximum absolute atomic E-state index is 13.1. The van der Waals surface area contributed by atoms with Crippen molar-refractivity contribution in [3.8, 4) is 17.2 Å². The monoisotopic (exact) mass is 576 g/mol. The number of rotatable bonds is 4. The lowest BCUT2D eigenvalue weighted by molar-refractivity contribution is -0.132. The highest BCUT2D eigenvalue weighted by Crippen LogP contribution is 2.39. The Morgan fingerprint density at radius 2 is 1.09 bits per heavy atom. The average molecular weight is 577 g/mol. The van der Waals surface area contributed by atoms with E-state index >= 15 is 0 Å². The standard InChI is InChI=1S/C33H20O10/c34-21-12-16(13-23-30(38)25(32(40)42-23)17-7-3-1-4-8-17)11-20-19(14-22(35)29(37)27(20)28(21)36)15-24-31(39)26(33(41)43-24)18-9-5-2-6-10-18/h1-15,35,37-39H,(H,34,36). The Kier molecular flexibility index (Phi) is 6.43. The number of hydrogen-bond donors (Lipinski definition) is 5. The molecule has 0 amide bonds. The fourth-order valence-corrected chi connectivity index (χ4v) is 4.89. The van der Waals surface area contributed by atoms with Gasteiger partial charge < -0.3 is 35.0 Å². The van der Waals surface area contributed by atoms with Crippen LogP contribution in [0.3, 0.4) is 0 Å². The molecule has 0 bridgehead atoms. The molecule has 0 unspecified atom stereocenters. The van der Waals surface area contributed by atoms with Gasteiger partial charge >= 0.3 is 11.9 Å². The van der Waals surface area contributed by atoms with Gasteiger partial charge in [-0.1, -0.05) is 60.7 Å². The van der Waals surface area contributed by atoms with Crippen LogP contribution in [0.5, 0.6) is 17.2 Å². The second kappa shape index (κ2) is 10.3. The van der Waals surface area contributed by atoms with E-state index in [0.717, 1.165) is 12.1 Å². The molecule has 2 heterocycles. The maximum atomic E-state index is 13.1. The molecular formula is C33H20O10. The van der Waals surface area contributed by atoms with E-state index in [1.54, 1.807) is 60.7 Å². The van der Waals surface area contributed by atoms with Crippen molar-refractivity contribution in [2.75, 3.05) is 0 Å². The molecule has 10 nitrogen and oxygen atoms in total. The van der Waals surface area contributed by atoms with Crippen molar-refractivity contribution >= 4 is 46.0 Å². The first-order valence-corrected chi connectivity index (χ1v) is 12.8. The molecule has 212 valence electrons. The lowest BCUT2D eigenvalue weighted by Gasteiger charge is -2.06. The Balaban J connectivity index is 1.55. The van der Waals surface area contributed by atoms with E-state index in [4.69, 9.17) is 9.47 Å². The summed E-state index contributed by atoms with van der Waals surface area (Å²) in [6, 6.07) is 20.0. The second-order valence-electron chi connectivity index (χ2n) is 9.60. The minimum Gasteiger partial charge on any atom is -0.504 e. The molecule has 0 saturated carbocycles. The Labute approximate surface area is 242 Å². The van der Waals surface area contributed by atoms with Gasteiger partial charge in [0.25, 0.3) is 0 Å². The highest BCUT2D eigenvalue weighted by atomic mass is 16.6. The highest BCUT2D eigenvalue weighted by Gasteiger charge is 2.32. The first-order chi connectivity index (χ1) is 20.6. The summed E-state index contributed by atoms with van der Waals surface area (Å²) in [4.78, 5) is 38.3. The van der Waals surface area contributed by atoms with Crippen molar-refractivity contribution in [3.05, 3.63) is 134 Å². The minimum absolute atomic E-state index is 0.00877. The number of carbonyl (C=O) groups excluding carboxylic acids is 2. The summed E-state index contributed by atoms with van der Waals surface area (Å²) in [5.74, 6) is -5.58. The van der Waals surface area contributed by atoms with Gasteiger partial charge in [-0.2, -0.15) is 0 Å². The van der Waals surface area contributed by atoms with Crippen LogP contribution in [-0.2, 0) is 19.1 Å². The summed E-state index contributed by atoms with van der Waals surface area (Å²) in [5, 5.41) is 52.7. The SMILES string of the molecule is O=C1OC(=Cc2cc(O)c(=O)c3c(O)c(O)cc(C=C4OC(=O)C(c5ccccc5)=C4O)c3c2)C(O)=C1c1ccccc1. The molecule has 0 fully saturated rings. The summed E-state index contributed by atoms with van der Waals surface area (Å²) in [6.45, 7) is 0. The Bertz CT molecular complexity index is 2050. The molecule has 5 N–H and O–H groups in total. The van der Waals surface area contributed by atoms with Gasteiger partial charge in [0, 0.05) is 0 Å². The number of phenolic OH excluding ortho intramolecular Hbond substituents is 2. The molecule has 2 aliphatic heterocycles. The van der Waals surface area contributed by atoms with Gasteiger partial charge in [0.15, 0.2) is 40.3 Å². The van der Waals surface area contributed by atoms with Crippen LogP contribution in [0.2, 0.25) is 0 Å². The number of hydrogen-bond acceptors (Lipinski definition) is 10. The summed E-state index contributed by atoms with van der Waals surface area (Å²) in [6.07, 6.45) is 2.38. The molecule has 10 heteroatoms. The number of carbonyl (C=O) groups is 2. The predicted octanol–water partition coefficient (Wildman–Crippen LogP) is 5.05. The molecule has 0 spiro atoms. The fraction of sp³-hybridized carbons (Fsp3) is 0. The van der Waals surface area contributed by atoms with Crippen molar-refractivity contribution < 1.29 is 44.6 Å². The van der Waals surface area contributed by atoms with Crippen LogP contribution in [0, 0.1) is 0 Å². The van der Waals surface area contributed by atoms with Crippen LogP contribution in [0.1, 0.15) is 22.3 Å². The Hall–Kier alpha value is -6.29. The molecule has 0 saturated heterocycles. The van der Waals surface area contributed by atoms with E-state index in [-0.39, 0.29) is 39.2 Å². The highest BCUT2D eigenvalue weighted by molar-refractivity contribution is 6.21. The smallest absolute Gasteiger partial charge is 0.348 e. The van der Waals surface area contributed by atoms with Crippen LogP contribution in [0.4, 0.5) is 0 Å². The summed E-state index contributed by atoms with van der Waals surface area (Å²) in [5.41, 5.74) is -0.386. The van der Waals surface area contributed by atoms with Gasteiger partial charge in [0.2, 0.25) is 5.43 Å². The van der Waals surface area contributed by atoms with Crippen LogP contribution in [0.15, 0.2) is 107 Å². The van der Waals surface area contributed by atoms with Crippen molar-refractivity contribution in [1.82, 2.24) is 0 Å². The van der Waals surface area contributed by atoms with Crippen molar-refractivity contribution in [3.63, 3.8) is 0 Å². The summed E-state index contributed by atoms with van der Waals surface area (Å²) in [7, 11) is 0. The van der Waals surface area contributed by atoms with Crippen molar-refractivity contribution in [1.29, 1.82) is 0 Å². The lowest BCUT2D eigenvalue weighted by Crippen LogP contribution is -1.99. The predicted molar refractivity (Wildman–Crippen MR) is 155 cm³/mol. The van der Waals surface area contributed by atoms with E-state index in [2.05, 4.69) is 0 Å². The molecule has 0 atom stereocenters. The van der Waals surface area contributed by atoms with E-state index in [0.29, 0.717) is 11.1 Å². The molecule has 0 aromatic heterocycles. The van der Waals surface area contributed by atoms with E-state index in [1.165, 1.54) is 18.2 Å². The molecule has 6 rings (SSSR count). The third-order valence-electron chi connectivity index (χ3n) is 6.89. The third-order valence-corrected chi connectivity index (χ3v) is 6.89. The van der Waals surface area contributed by atoms with Crippen LogP contribution >= 0.6 is 0 Å². The van der Waals surface area contributed by atoms with E-state index in [1.807, 2.05) is 0 Å². The average Bonchev–Trinajstić information content (AvgIpc) is 3.38. The Morgan fingerprint density at radius 1 is 0.581 bits per heavy atom.